The number of aromatic nitrogens is 3. The Balaban J connectivity index is 1.39. The average Bonchev–Trinajstić information content (AvgIpc) is 3.16. The maximum Gasteiger partial charge on any atom is 0.204 e. The van der Waals surface area contributed by atoms with Crippen LogP contribution in [0.4, 0.5) is 21.7 Å². The van der Waals surface area contributed by atoms with Gasteiger partial charge < -0.3 is 15.4 Å². The van der Waals surface area contributed by atoms with Gasteiger partial charge in [0.05, 0.1) is 17.9 Å². The highest BCUT2D eigenvalue weighted by atomic mass is 19.1. The summed E-state index contributed by atoms with van der Waals surface area (Å²) in [6.07, 6.45) is 5.56. The SMILES string of the molecule is CC1COc2c(NCCC3C=Nc4ccccc43)nc(-c3cncc(F)c3)nc2N1. The average molecular weight is 404 g/mol. The summed E-state index contributed by atoms with van der Waals surface area (Å²) in [6, 6.07) is 9.66. The Labute approximate surface area is 173 Å². The molecule has 0 aliphatic carbocycles. The monoisotopic (exact) mass is 404 g/mol. The Morgan fingerprint density at radius 2 is 2.13 bits per heavy atom. The molecule has 0 saturated carbocycles. The van der Waals surface area contributed by atoms with Gasteiger partial charge in [-0.3, -0.25) is 9.98 Å². The van der Waals surface area contributed by atoms with Gasteiger partial charge in [0.2, 0.25) is 5.75 Å². The molecule has 2 atom stereocenters. The number of rotatable bonds is 5. The standard InChI is InChI=1S/C22H21FN6O/c1-13-12-30-19-21(25-7-6-14-10-26-18-5-3-2-4-17(14)18)28-20(29-22(19)27-13)15-8-16(23)11-24-9-15/h2-5,8-11,13-14H,6-7,12H2,1H3,(H2,25,27,28,29). The summed E-state index contributed by atoms with van der Waals surface area (Å²) in [4.78, 5) is 17.5. The van der Waals surface area contributed by atoms with Gasteiger partial charge >= 0.3 is 0 Å². The number of fused-ring (bicyclic) bond motifs is 2. The Morgan fingerprint density at radius 3 is 3.03 bits per heavy atom. The number of benzene rings is 1. The predicted molar refractivity (Wildman–Crippen MR) is 114 cm³/mol. The molecule has 8 heteroatoms. The van der Waals surface area contributed by atoms with Gasteiger partial charge in [-0.05, 0) is 31.0 Å². The Morgan fingerprint density at radius 1 is 1.23 bits per heavy atom. The smallest absolute Gasteiger partial charge is 0.204 e. The number of nitrogens with one attached hydrogen (secondary N) is 2. The summed E-state index contributed by atoms with van der Waals surface area (Å²) >= 11 is 0. The topological polar surface area (TPSA) is 84.3 Å². The first-order valence-corrected chi connectivity index (χ1v) is 9.96. The van der Waals surface area contributed by atoms with Gasteiger partial charge in [-0.25, -0.2) is 14.4 Å². The first-order chi connectivity index (χ1) is 14.7. The van der Waals surface area contributed by atoms with Gasteiger partial charge in [0, 0.05) is 30.4 Å². The summed E-state index contributed by atoms with van der Waals surface area (Å²) in [5.74, 6) is 1.99. The lowest BCUT2D eigenvalue weighted by Crippen LogP contribution is -2.30. The molecule has 4 heterocycles. The van der Waals surface area contributed by atoms with E-state index in [1.165, 1.54) is 11.6 Å². The summed E-state index contributed by atoms with van der Waals surface area (Å²) in [7, 11) is 0. The van der Waals surface area contributed by atoms with Gasteiger partial charge in [0.25, 0.3) is 0 Å². The molecular formula is C22H21FN6O. The van der Waals surface area contributed by atoms with Crippen LogP contribution in [0.5, 0.6) is 5.75 Å². The van der Waals surface area contributed by atoms with E-state index in [1.807, 2.05) is 31.3 Å². The van der Waals surface area contributed by atoms with Crippen molar-refractivity contribution in [2.45, 2.75) is 25.3 Å². The lowest BCUT2D eigenvalue weighted by Gasteiger charge is -2.26. The Hall–Kier alpha value is -3.55. The second-order valence-electron chi connectivity index (χ2n) is 7.48. The van der Waals surface area contributed by atoms with Crippen LogP contribution in [0.15, 0.2) is 47.7 Å². The van der Waals surface area contributed by atoms with Crippen molar-refractivity contribution in [3.8, 4) is 17.1 Å². The highest BCUT2D eigenvalue weighted by Crippen LogP contribution is 2.37. The van der Waals surface area contributed by atoms with Crippen LogP contribution in [0, 0.1) is 5.82 Å². The van der Waals surface area contributed by atoms with Crippen molar-refractivity contribution in [1.82, 2.24) is 15.0 Å². The third-order valence-corrected chi connectivity index (χ3v) is 5.17. The number of pyridine rings is 1. The van der Waals surface area contributed by atoms with E-state index >= 15 is 0 Å². The quantitative estimate of drug-likeness (QED) is 0.664. The third-order valence-electron chi connectivity index (χ3n) is 5.17. The van der Waals surface area contributed by atoms with Crippen molar-refractivity contribution in [2.75, 3.05) is 23.8 Å². The molecule has 5 rings (SSSR count). The molecule has 2 aliphatic heterocycles. The molecule has 0 spiro atoms. The number of nitrogens with zero attached hydrogens (tertiary/aromatic N) is 4. The van der Waals surface area contributed by atoms with Crippen LogP contribution in [-0.2, 0) is 0 Å². The minimum Gasteiger partial charge on any atom is -0.484 e. The van der Waals surface area contributed by atoms with Crippen molar-refractivity contribution in [3.05, 3.63) is 54.1 Å². The number of para-hydroxylation sites is 1. The zero-order valence-electron chi connectivity index (χ0n) is 16.5. The molecule has 2 aromatic heterocycles. The molecule has 0 amide bonds. The molecule has 0 fully saturated rings. The molecule has 2 aliphatic rings. The fourth-order valence-electron chi connectivity index (χ4n) is 3.70. The van der Waals surface area contributed by atoms with E-state index in [4.69, 9.17) is 4.74 Å². The lowest BCUT2D eigenvalue weighted by molar-refractivity contribution is 0.290. The highest BCUT2D eigenvalue weighted by Gasteiger charge is 2.24. The summed E-state index contributed by atoms with van der Waals surface area (Å²) < 4.78 is 19.6. The zero-order chi connectivity index (χ0) is 20.5. The van der Waals surface area contributed by atoms with Crippen LogP contribution >= 0.6 is 0 Å². The van der Waals surface area contributed by atoms with Crippen molar-refractivity contribution in [2.24, 2.45) is 4.99 Å². The van der Waals surface area contributed by atoms with Crippen LogP contribution < -0.4 is 15.4 Å². The van der Waals surface area contributed by atoms with E-state index in [0.29, 0.717) is 41.9 Å². The van der Waals surface area contributed by atoms with Crippen LogP contribution in [0.25, 0.3) is 11.4 Å². The van der Waals surface area contributed by atoms with Gasteiger partial charge in [-0.1, -0.05) is 18.2 Å². The first kappa shape index (κ1) is 18.5. The minimum absolute atomic E-state index is 0.116. The molecule has 0 saturated heterocycles. The largest absolute Gasteiger partial charge is 0.484 e. The second-order valence-corrected chi connectivity index (χ2v) is 7.48. The molecule has 3 aromatic rings. The summed E-state index contributed by atoms with van der Waals surface area (Å²) in [6.45, 7) is 3.21. The van der Waals surface area contributed by atoms with Gasteiger partial charge in [-0.15, -0.1) is 0 Å². The molecule has 0 radical (unpaired) electrons. The third kappa shape index (κ3) is 3.56. The van der Waals surface area contributed by atoms with Crippen molar-refractivity contribution in [1.29, 1.82) is 0 Å². The molecule has 1 aromatic carbocycles. The van der Waals surface area contributed by atoms with Crippen molar-refractivity contribution < 1.29 is 9.13 Å². The summed E-state index contributed by atoms with van der Waals surface area (Å²) in [5, 5.41) is 6.70. The van der Waals surface area contributed by atoms with Gasteiger partial charge in [-0.2, -0.15) is 0 Å². The minimum atomic E-state index is -0.430. The Kier molecular flexibility index (Phi) is 4.74. The molecule has 30 heavy (non-hydrogen) atoms. The fraction of sp³-hybridized carbons (Fsp3) is 0.273. The lowest BCUT2D eigenvalue weighted by atomic mass is 9.98. The normalized spacial score (nSPS) is 18.9. The van der Waals surface area contributed by atoms with Crippen LogP contribution in [0.1, 0.15) is 24.8 Å². The number of anilines is 2. The number of hydrogen-bond donors (Lipinski definition) is 2. The molecule has 2 unspecified atom stereocenters. The van der Waals surface area contributed by atoms with E-state index in [-0.39, 0.29) is 12.0 Å². The second kappa shape index (κ2) is 7.70. The van der Waals surface area contributed by atoms with Crippen LogP contribution in [0.3, 0.4) is 0 Å². The van der Waals surface area contributed by atoms with E-state index in [2.05, 4.69) is 36.6 Å². The summed E-state index contributed by atoms with van der Waals surface area (Å²) in [5.41, 5.74) is 2.78. The van der Waals surface area contributed by atoms with Crippen LogP contribution in [0.2, 0.25) is 0 Å². The number of halogens is 1. The molecule has 7 nitrogen and oxygen atoms in total. The van der Waals surface area contributed by atoms with E-state index in [0.717, 1.165) is 18.3 Å². The van der Waals surface area contributed by atoms with Crippen molar-refractivity contribution >= 4 is 23.5 Å². The zero-order valence-corrected chi connectivity index (χ0v) is 16.5. The number of ether oxygens (including phenoxy) is 1. The number of aliphatic imine (C=N–C) groups is 1. The van der Waals surface area contributed by atoms with E-state index in [9.17, 15) is 4.39 Å². The molecule has 2 N–H and O–H groups in total. The van der Waals surface area contributed by atoms with E-state index < -0.39 is 5.82 Å². The predicted octanol–water partition coefficient (Wildman–Crippen LogP) is 4.17. The maximum absolute atomic E-state index is 13.7. The Bertz CT molecular complexity index is 1120. The van der Waals surface area contributed by atoms with Gasteiger partial charge in [0.1, 0.15) is 12.4 Å². The number of hydrogen-bond acceptors (Lipinski definition) is 7. The van der Waals surface area contributed by atoms with Crippen molar-refractivity contribution in [3.63, 3.8) is 0 Å². The van der Waals surface area contributed by atoms with Crippen LogP contribution in [-0.4, -0.2) is 40.4 Å². The highest BCUT2D eigenvalue weighted by molar-refractivity contribution is 5.80. The molecular weight excluding hydrogens is 383 g/mol. The van der Waals surface area contributed by atoms with E-state index in [1.54, 1.807) is 6.20 Å². The first-order valence-electron chi connectivity index (χ1n) is 9.96. The maximum atomic E-state index is 13.7. The van der Waals surface area contributed by atoms with Gasteiger partial charge in [0.15, 0.2) is 17.5 Å². The molecule has 152 valence electrons. The fourth-order valence-corrected chi connectivity index (χ4v) is 3.70. The molecule has 0 bridgehead atoms.